The van der Waals surface area contributed by atoms with E-state index in [2.05, 4.69) is 5.32 Å². The van der Waals surface area contributed by atoms with Crippen molar-refractivity contribution in [3.63, 3.8) is 0 Å². The molecule has 0 unspecified atom stereocenters. The van der Waals surface area contributed by atoms with Crippen LogP contribution >= 0.6 is 0 Å². The molecule has 2 aliphatic carbocycles. The number of hydrogen-bond donors (Lipinski definition) is 1. The van der Waals surface area contributed by atoms with Crippen molar-refractivity contribution < 1.29 is 14.4 Å². The van der Waals surface area contributed by atoms with Gasteiger partial charge >= 0.3 is 6.03 Å². The van der Waals surface area contributed by atoms with Crippen LogP contribution in [-0.2, 0) is 9.59 Å². The molecule has 1 heterocycles. The number of anilines is 1. The Balaban J connectivity index is 1.41. The highest BCUT2D eigenvalue weighted by molar-refractivity contribution is 6.12. The Morgan fingerprint density at radius 1 is 1.07 bits per heavy atom. The Morgan fingerprint density at radius 2 is 1.72 bits per heavy atom. The van der Waals surface area contributed by atoms with E-state index in [4.69, 9.17) is 0 Å². The molecule has 6 heteroatoms. The molecular formula is C23H25N3O3. The lowest BCUT2D eigenvalue weighted by atomic mass is 9.87. The van der Waals surface area contributed by atoms with Gasteiger partial charge in [-0.15, -0.1) is 0 Å². The average Bonchev–Trinajstić information content (AvgIpc) is 3.63. The van der Waals surface area contributed by atoms with Crippen molar-refractivity contribution in [1.29, 1.82) is 0 Å². The number of likely N-dealkylation sites (N-methyl/N-ethyl adjacent to an activating group) is 1. The molecule has 4 amide bonds. The smallest absolute Gasteiger partial charge is 0.323 e. The first-order chi connectivity index (χ1) is 14.1. The third kappa shape index (κ3) is 2.81. The van der Waals surface area contributed by atoms with Crippen molar-refractivity contribution in [2.24, 2.45) is 11.8 Å². The Hall–Kier alpha value is -2.89. The highest BCUT2D eigenvalue weighted by atomic mass is 16.2. The summed E-state index contributed by atoms with van der Waals surface area (Å²) in [6, 6.07) is 13.3. The van der Waals surface area contributed by atoms with Crippen molar-refractivity contribution >= 4 is 34.3 Å². The Morgan fingerprint density at radius 3 is 2.38 bits per heavy atom. The van der Waals surface area contributed by atoms with E-state index < -0.39 is 11.6 Å². The van der Waals surface area contributed by atoms with Gasteiger partial charge in [0.25, 0.3) is 5.91 Å². The topological polar surface area (TPSA) is 69.7 Å². The summed E-state index contributed by atoms with van der Waals surface area (Å²) in [6.07, 6.45) is 3.89. The first-order valence-electron chi connectivity index (χ1n) is 10.5. The highest BCUT2D eigenvalue weighted by Crippen LogP contribution is 2.54. The molecule has 0 spiro atoms. The number of amides is 4. The van der Waals surface area contributed by atoms with Crippen molar-refractivity contribution in [3.05, 3.63) is 42.5 Å². The lowest BCUT2D eigenvalue weighted by molar-refractivity contribution is -0.135. The van der Waals surface area contributed by atoms with Gasteiger partial charge in [0.2, 0.25) is 5.91 Å². The molecule has 5 rings (SSSR count). The fraction of sp³-hybridized carbons (Fsp3) is 0.435. The van der Waals surface area contributed by atoms with Gasteiger partial charge in [-0.1, -0.05) is 36.4 Å². The standard InChI is InChI=1S/C23H25N3O3/c1-2-25(19-9-5-7-15-6-3-4-8-18(15)19)20(27)14-26-21(28)23(16-10-11-16,17-12-13-17)24-22(26)29/h3-9,16-17H,2,10-14H2,1H3,(H,24,29). The first kappa shape index (κ1) is 18.2. The van der Waals surface area contributed by atoms with Crippen LogP contribution in [0.3, 0.4) is 0 Å². The lowest BCUT2D eigenvalue weighted by Crippen LogP contribution is -2.52. The van der Waals surface area contributed by atoms with Crippen molar-refractivity contribution in [3.8, 4) is 0 Å². The van der Waals surface area contributed by atoms with Gasteiger partial charge in [0.1, 0.15) is 12.1 Å². The minimum Gasteiger partial charge on any atom is -0.323 e. The summed E-state index contributed by atoms with van der Waals surface area (Å²) in [7, 11) is 0. The van der Waals surface area contributed by atoms with E-state index in [1.807, 2.05) is 49.4 Å². The predicted octanol–water partition coefficient (Wildman–Crippen LogP) is 3.30. The fourth-order valence-corrected chi connectivity index (χ4v) is 4.87. The number of carbonyl (C=O) groups excluding carboxylic acids is 3. The van der Waals surface area contributed by atoms with Gasteiger partial charge in [0.05, 0.1) is 5.69 Å². The number of benzene rings is 2. The zero-order valence-corrected chi connectivity index (χ0v) is 16.6. The van der Waals surface area contributed by atoms with Crippen LogP contribution in [0.5, 0.6) is 0 Å². The number of urea groups is 1. The van der Waals surface area contributed by atoms with Gasteiger partial charge in [-0.05, 0) is 55.9 Å². The second-order valence-electron chi connectivity index (χ2n) is 8.38. The molecule has 1 saturated heterocycles. The molecule has 2 saturated carbocycles. The van der Waals surface area contributed by atoms with Crippen LogP contribution in [0.2, 0.25) is 0 Å². The number of nitrogens with zero attached hydrogens (tertiary/aromatic N) is 2. The SMILES string of the molecule is CCN(C(=O)CN1C(=O)NC(C2CC2)(C2CC2)C1=O)c1cccc2ccccc12. The third-order valence-electron chi connectivity index (χ3n) is 6.57. The fourth-order valence-electron chi connectivity index (χ4n) is 4.87. The molecule has 150 valence electrons. The lowest BCUT2D eigenvalue weighted by Gasteiger charge is -2.27. The Labute approximate surface area is 169 Å². The Bertz CT molecular complexity index is 992. The van der Waals surface area contributed by atoms with Crippen LogP contribution in [-0.4, -0.2) is 41.4 Å². The predicted molar refractivity (Wildman–Crippen MR) is 110 cm³/mol. The Kier molecular flexibility index (Phi) is 4.12. The molecule has 1 aliphatic heterocycles. The van der Waals surface area contributed by atoms with E-state index in [9.17, 15) is 14.4 Å². The van der Waals surface area contributed by atoms with Gasteiger partial charge < -0.3 is 10.2 Å². The number of nitrogens with one attached hydrogen (secondary N) is 1. The van der Waals surface area contributed by atoms with E-state index >= 15 is 0 Å². The van der Waals surface area contributed by atoms with E-state index in [0.717, 1.165) is 47.0 Å². The summed E-state index contributed by atoms with van der Waals surface area (Å²) in [6.45, 7) is 2.15. The zero-order chi connectivity index (χ0) is 20.2. The summed E-state index contributed by atoms with van der Waals surface area (Å²) in [4.78, 5) is 42.0. The maximum absolute atomic E-state index is 13.3. The van der Waals surface area contributed by atoms with Gasteiger partial charge in [0, 0.05) is 11.9 Å². The summed E-state index contributed by atoms with van der Waals surface area (Å²) in [5.41, 5.74) is 0.0479. The van der Waals surface area contributed by atoms with Crippen LogP contribution in [0.15, 0.2) is 42.5 Å². The van der Waals surface area contributed by atoms with Crippen molar-refractivity contribution in [1.82, 2.24) is 10.2 Å². The molecule has 0 aromatic heterocycles. The molecule has 0 atom stereocenters. The third-order valence-corrected chi connectivity index (χ3v) is 6.57. The van der Waals surface area contributed by atoms with Crippen molar-refractivity contribution in [2.45, 2.75) is 38.1 Å². The summed E-state index contributed by atoms with van der Waals surface area (Å²) >= 11 is 0. The first-order valence-corrected chi connectivity index (χ1v) is 10.5. The van der Waals surface area contributed by atoms with Gasteiger partial charge in [-0.2, -0.15) is 0 Å². The van der Waals surface area contributed by atoms with E-state index in [-0.39, 0.29) is 30.2 Å². The second kappa shape index (κ2) is 6.58. The molecule has 3 fully saturated rings. The van der Waals surface area contributed by atoms with Gasteiger partial charge in [-0.25, -0.2) is 4.79 Å². The van der Waals surface area contributed by atoms with Gasteiger partial charge in [-0.3, -0.25) is 14.5 Å². The van der Waals surface area contributed by atoms with Crippen LogP contribution < -0.4 is 10.2 Å². The molecule has 0 bridgehead atoms. The molecule has 29 heavy (non-hydrogen) atoms. The largest absolute Gasteiger partial charge is 0.325 e. The molecule has 3 aliphatic rings. The molecule has 2 aromatic carbocycles. The second-order valence-corrected chi connectivity index (χ2v) is 8.38. The number of fused-ring (bicyclic) bond motifs is 1. The van der Waals surface area contributed by atoms with Crippen LogP contribution in [0, 0.1) is 11.8 Å². The summed E-state index contributed by atoms with van der Waals surface area (Å²) in [5.74, 6) is 0.0170. The molecular weight excluding hydrogens is 366 g/mol. The minimum atomic E-state index is -0.756. The van der Waals surface area contributed by atoms with E-state index in [0.29, 0.717) is 6.54 Å². The maximum atomic E-state index is 13.3. The number of imide groups is 1. The van der Waals surface area contributed by atoms with Crippen LogP contribution in [0.25, 0.3) is 10.8 Å². The molecule has 0 radical (unpaired) electrons. The monoisotopic (exact) mass is 391 g/mol. The summed E-state index contributed by atoms with van der Waals surface area (Å²) < 4.78 is 0. The van der Waals surface area contributed by atoms with Crippen molar-refractivity contribution in [2.75, 3.05) is 18.0 Å². The zero-order valence-electron chi connectivity index (χ0n) is 16.6. The van der Waals surface area contributed by atoms with Gasteiger partial charge in [0.15, 0.2) is 0 Å². The van der Waals surface area contributed by atoms with Crippen LogP contribution in [0.1, 0.15) is 32.6 Å². The normalized spacial score (nSPS) is 20.8. The van der Waals surface area contributed by atoms with E-state index in [1.165, 1.54) is 0 Å². The molecule has 6 nitrogen and oxygen atoms in total. The quantitative estimate of drug-likeness (QED) is 0.768. The molecule has 1 N–H and O–H groups in total. The highest BCUT2D eigenvalue weighted by Gasteiger charge is 2.65. The van der Waals surface area contributed by atoms with E-state index in [1.54, 1.807) is 4.90 Å². The minimum absolute atomic E-state index is 0.199. The average molecular weight is 391 g/mol. The number of hydrogen-bond acceptors (Lipinski definition) is 3. The van der Waals surface area contributed by atoms with Crippen LogP contribution in [0.4, 0.5) is 10.5 Å². The number of carbonyl (C=O) groups is 3. The summed E-state index contributed by atoms with van der Waals surface area (Å²) in [5, 5.41) is 5.02. The molecule has 2 aromatic rings. The maximum Gasteiger partial charge on any atom is 0.325 e. The number of rotatable bonds is 6.